The van der Waals surface area contributed by atoms with Crippen molar-refractivity contribution in [2.45, 2.75) is 33.2 Å². The van der Waals surface area contributed by atoms with E-state index in [0.29, 0.717) is 5.92 Å². The molecule has 0 bridgehead atoms. The second kappa shape index (κ2) is 6.92. The van der Waals surface area contributed by atoms with Gasteiger partial charge in [-0.25, -0.2) is 0 Å². The Labute approximate surface area is 127 Å². The van der Waals surface area contributed by atoms with Gasteiger partial charge in [0, 0.05) is 17.5 Å². The Morgan fingerprint density at radius 1 is 1.10 bits per heavy atom. The third-order valence-corrected chi connectivity index (χ3v) is 4.05. The van der Waals surface area contributed by atoms with Crippen LogP contribution in [0.25, 0.3) is 0 Å². The quantitative estimate of drug-likeness (QED) is 0.824. The molecule has 0 aromatic heterocycles. The summed E-state index contributed by atoms with van der Waals surface area (Å²) in [4.78, 5) is 0. The van der Waals surface area contributed by atoms with Crippen molar-refractivity contribution < 1.29 is 0 Å². The molecule has 1 nitrogen and oxygen atoms in total. The van der Waals surface area contributed by atoms with Crippen molar-refractivity contribution >= 4 is 11.6 Å². The first-order valence-electron chi connectivity index (χ1n) is 7.18. The monoisotopic (exact) mass is 287 g/mol. The molecule has 1 atom stereocenters. The van der Waals surface area contributed by atoms with E-state index in [1.165, 1.54) is 22.3 Å². The lowest BCUT2D eigenvalue weighted by molar-refractivity contribution is 0.714. The summed E-state index contributed by atoms with van der Waals surface area (Å²) in [7, 11) is 0. The molecule has 0 aliphatic rings. The van der Waals surface area contributed by atoms with Crippen molar-refractivity contribution in [3.63, 3.8) is 0 Å². The van der Waals surface area contributed by atoms with Gasteiger partial charge in [-0.1, -0.05) is 67.4 Å². The summed E-state index contributed by atoms with van der Waals surface area (Å²) in [5.74, 6) is 0.303. The van der Waals surface area contributed by atoms with Gasteiger partial charge in [0.15, 0.2) is 0 Å². The molecule has 0 spiro atoms. The summed E-state index contributed by atoms with van der Waals surface area (Å²) in [5, 5.41) is 4.25. The predicted octanol–water partition coefficient (Wildman–Crippen LogP) is 4.91. The van der Waals surface area contributed by atoms with E-state index in [4.69, 9.17) is 11.6 Å². The molecule has 0 aliphatic heterocycles. The Balaban J connectivity index is 2.37. The molecule has 2 aromatic rings. The maximum absolute atomic E-state index is 6.38. The van der Waals surface area contributed by atoms with Gasteiger partial charge in [-0.3, -0.25) is 0 Å². The lowest BCUT2D eigenvalue weighted by Gasteiger charge is -2.19. The van der Waals surface area contributed by atoms with Crippen molar-refractivity contribution in [3.8, 4) is 0 Å². The largest absolute Gasteiger partial charge is 0.313 e. The van der Waals surface area contributed by atoms with Crippen molar-refractivity contribution in [3.05, 3.63) is 69.7 Å². The lowest BCUT2D eigenvalue weighted by Crippen LogP contribution is -2.14. The van der Waals surface area contributed by atoms with Crippen LogP contribution >= 0.6 is 11.6 Å². The molecule has 1 N–H and O–H groups in total. The van der Waals surface area contributed by atoms with Crippen LogP contribution in [0.1, 0.15) is 42.0 Å². The molecule has 0 heterocycles. The number of aryl methyl sites for hydroxylation is 1. The highest BCUT2D eigenvalue weighted by Gasteiger charge is 2.15. The highest BCUT2D eigenvalue weighted by Crippen LogP contribution is 2.32. The lowest BCUT2D eigenvalue weighted by atomic mass is 9.89. The molecule has 0 fully saturated rings. The van der Waals surface area contributed by atoms with E-state index in [9.17, 15) is 0 Å². The first-order valence-corrected chi connectivity index (χ1v) is 7.55. The zero-order valence-electron chi connectivity index (χ0n) is 12.4. The zero-order chi connectivity index (χ0) is 14.5. The van der Waals surface area contributed by atoms with E-state index in [-0.39, 0.29) is 0 Å². The summed E-state index contributed by atoms with van der Waals surface area (Å²) < 4.78 is 0. The SMILES string of the molecule is CCNCc1ccccc1C(C)c1cc(C)ccc1Cl. The van der Waals surface area contributed by atoms with Gasteiger partial charge in [0.25, 0.3) is 0 Å². The molecule has 106 valence electrons. The van der Waals surface area contributed by atoms with E-state index in [1.807, 2.05) is 6.07 Å². The second-order valence-electron chi connectivity index (χ2n) is 5.23. The van der Waals surface area contributed by atoms with Gasteiger partial charge in [-0.2, -0.15) is 0 Å². The third kappa shape index (κ3) is 3.41. The average Bonchev–Trinajstić information content (AvgIpc) is 2.47. The van der Waals surface area contributed by atoms with Crippen molar-refractivity contribution in [2.24, 2.45) is 0 Å². The van der Waals surface area contributed by atoms with Crippen LogP contribution in [0, 0.1) is 6.92 Å². The Kier molecular flexibility index (Phi) is 5.22. The van der Waals surface area contributed by atoms with Gasteiger partial charge in [-0.15, -0.1) is 0 Å². The number of benzene rings is 2. The summed E-state index contributed by atoms with van der Waals surface area (Å²) in [6.45, 7) is 8.35. The summed E-state index contributed by atoms with van der Waals surface area (Å²) in [6, 6.07) is 14.8. The van der Waals surface area contributed by atoms with Crippen LogP contribution in [0.4, 0.5) is 0 Å². The number of hydrogen-bond donors (Lipinski definition) is 1. The van der Waals surface area contributed by atoms with E-state index in [1.54, 1.807) is 0 Å². The third-order valence-electron chi connectivity index (χ3n) is 3.71. The minimum absolute atomic E-state index is 0.303. The van der Waals surface area contributed by atoms with E-state index in [2.05, 4.69) is 62.5 Å². The summed E-state index contributed by atoms with van der Waals surface area (Å²) in [6.07, 6.45) is 0. The maximum atomic E-state index is 6.38. The molecule has 20 heavy (non-hydrogen) atoms. The van der Waals surface area contributed by atoms with E-state index in [0.717, 1.165) is 18.1 Å². The zero-order valence-corrected chi connectivity index (χ0v) is 13.2. The van der Waals surface area contributed by atoms with Gasteiger partial charge in [-0.05, 0) is 36.2 Å². The fourth-order valence-corrected chi connectivity index (χ4v) is 2.82. The second-order valence-corrected chi connectivity index (χ2v) is 5.63. The van der Waals surface area contributed by atoms with Crippen LogP contribution in [-0.2, 0) is 6.54 Å². The minimum Gasteiger partial charge on any atom is -0.313 e. The van der Waals surface area contributed by atoms with E-state index < -0.39 is 0 Å². The van der Waals surface area contributed by atoms with Crippen LogP contribution < -0.4 is 5.32 Å². The molecule has 2 rings (SSSR count). The molecule has 2 aromatic carbocycles. The first kappa shape index (κ1) is 15.1. The Bertz CT molecular complexity index is 577. The molecule has 0 amide bonds. The standard InChI is InChI=1S/C18H22ClN/c1-4-20-12-15-7-5-6-8-16(15)14(3)17-11-13(2)9-10-18(17)19/h5-11,14,20H,4,12H2,1-3H3. The summed E-state index contributed by atoms with van der Waals surface area (Å²) in [5.41, 5.74) is 5.15. The smallest absolute Gasteiger partial charge is 0.0444 e. The van der Waals surface area contributed by atoms with Gasteiger partial charge in [0.05, 0.1) is 0 Å². The Morgan fingerprint density at radius 2 is 1.85 bits per heavy atom. The van der Waals surface area contributed by atoms with Crippen molar-refractivity contribution in [1.82, 2.24) is 5.32 Å². The van der Waals surface area contributed by atoms with Crippen LogP contribution in [0.15, 0.2) is 42.5 Å². The Hall–Kier alpha value is -1.31. The maximum Gasteiger partial charge on any atom is 0.0444 e. The minimum atomic E-state index is 0.303. The molecule has 0 radical (unpaired) electrons. The topological polar surface area (TPSA) is 12.0 Å². The van der Waals surface area contributed by atoms with Gasteiger partial charge in [0.1, 0.15) is 0 Å². The summed E-state index contributed by atoms with van der Waals surface area (Å²) >= 11 is 6.38. The van der Waals surface area contributed by atoms with E-state index >= 15 is 0 Å². The molecule has 2 heteroatoms. The van der Waals surface area contributed by atoms with Crippen LogP contribution in [0.3, 0.4) is 0 Å². The molecule has 0 saturated carbocycles. The van der Waals surface area contributed by atoms with Crippen LogP contribution in [0.5, 0.6) is 0 Å². The van der Waals surface area contributed by atoms with Gasteiger partial charge in [0.2, 0.25) is 0 Å². The molecular weight excluding hydrogens is 266 g/mol. The molecule has 0 saturated heterocycles. The molecular formula is C18H22ClN. The van der Waals surface area contributed by atoms with Gasteiger partial charge < -0.3 is 5.32 Å². The fraction of sp³-hybridized carbons (Fsp3) is 0.333. The van der Waals surface area contributed by atoms with Crippen molar-refractivity contribution in [2.75, 3.05) is 6.54 Å². The predicted molar refractivity (Wildman–Crippen MR) is 87.5 cm³/mol. The highest BCUT2D eigenvalue weighted by molar-refractivity contribution is 6.31. The molecule has 1 unspecified atom stereocenters. The number of nitrogens with one attached hydrogen (secondary N) is 1. The van der Waals surface area contributed by atoms with Crippen LogP contribution in [0.2, 0.25) is 5.02 Å². The number of rotatable bonds is 5. The van der Waals surface area contributed by atoms with Gasteiger partial charge >= 0.3 is 0 Å². The van der Waals surface area contributed by atoms with Crippen LogP contribution in [-0.4, -0.2) is 6.54 Å². The molecule has 0 aliphatic carbocycles. The first-order chi connectivity index (χ1) is 9.63. The normalized spacial score (nSPS) is 12.4. The fourth-order valence-electron chi connectivity index (χ4n) is 2.54. The average molecular weight is 288 g/mol. The number of halogens is 1. The highest BCUT2D eigenvalue weighted by atomic mass is 35.5. The van der Waals surface area contributed by atoms with Crippen molar-refractivity contribution in [1.29, 1.82) is 0 Å². The Morgan fingerprint density at radius 3 is 2.60 bits per heavy atom. The number of hydrogen-bond acceptors (Lipinski definition) is 1.